The molecule has 1 amide bonds. The van der Waals surface area contributed by atoms with Crippen LogP contribution in [0.2, 0.25) is 0 Å². The van der Waals surface area contributed by atoms with Gasteiger partial charge in [0.2, 0.25) is 0 Å². The molecular weight excluding hydrogens is 394 g/mol. The molecule has 6 nitrogen and oxygen atoms in total. The topological polar surface area (TPSA) is 72.2 Å². The third-order valence-electron chi connectivity index (χ3n) is 4.77. The van der Waals surface area contributed by atoms with E-state index in [9.17, 15) is 4.79 Å². The lowest BCUT2D eigenvalue weighted by Crippen LogP contribution is -2.12. The van der Waals surface area contributed by atoms with Crippen LogP contribution in [0.25, 0.3) is 5.78 Å². The summed E-state index contributed by atoms with van der Waals surface area (Å²) in [6, 6.07) is 17.5. The lowest BCUT2D eigenvalue weighted by Gasteiger charge is -2.12. The van der Waals surface area contributed by atoms with Crippen molar-refractivity contribution < 1.29 is 4.79 Å². The quantitative estimate of drug-likeness (QED) is 0.449. The summed E-state index contributed by atoms with van der Waals surface area (Å²) >= 11 is 1.54. The van der Waals surface area contributed by atoms with Gasteiger partial charge < -0.3 is 5.32 Å². The van der Waals surface area contributed by atoms with E-state index in [4.69, 9.17) is 0 Å². The van der Waals surface area contributed by atoms with Gasteiger partial charge in [0.05, 0.1) is 5.69 Å². The molecule has 152 valence electrons. The summed E-state index contributed by atoms with van der Waals surface area (Å²) in [6.07, 6.45) is 1.76. The molecule has 2 aromatic heterocycles. The summed E-state index contributed by atoms with van der Waals surface area (Å²) in [5, 5.41) is 8.43. The summed E-state index contributed by atoms with van der Waals surface area (Å²) in [7, 11) is 0. The lowest BCUT2D eigenvalue weighted by molar-refractivity contribution is 0.102. The van der Waals surface area contributed by atoms with Gasteiger partial charge in [-0.25, -0.2) is 4.98 Å². The van der Waals surface area contributed by atoms with Crippen LogP contribution in [0.1, 0.15) is 41.3 Å². The number of aromatic nitrogens is 4. The molecule has 0 saturated carbocycles. The fraction of sp³-hybridized carbons (Fsp3) is 0.217. The van der Waals surface area contributed by atoms with Crippen molar-refractivity contribution in [2.75, 3.05) is 5.32 Å². The average Bonchev–Trinajstić information content (AvgIpc) is 3.15. The summed E-state index contributed by atoms with van der Waals surface area (Å²) in [5.41, 5.74) is 3.55. The molecule has 2 aromatic carbocycles. The van der Waals surface area contributed by atoms with E-state index in [1.807, 2.05) is 61.5 Å². The van der Waals surface area contributed by atoms with Crippen LogP contribution in [-0.2, 0) is 12.8 Å². The maximum absolute atomic E-state index is 12.8. The predicted molar refractivity (Wildman–Crippen MR) is 119 cm³/mol. The number of benzene rings is 2. The number of anilines is 1. The Hall–Kier alpha value is -3.19. The van der Waals surface area contributed by atoms with E-state index in [0.29, 0.717) is 17.2 Å². The molecule has 0 unspecified atom stereocenters. The zero-order valence-electron chi connectivity index (χ0n) is 17.2. The van der Waals surface area contributed by atoms with Crippen molar-refractivity contribution in [3.63, 3.8) is 0 Å². The zero-order valence-corrected chi connectivity index (χ0v) is 18.0. The summed E-state index contributed by atoms with van der Waals surface area (Å²) in [6.45, 7) is 6.01. The van der Waals surface area contributed by atoms with Crippen LogP contribution in [0.5, 0.6) is 0 Å². The minimum Gasteiger partial charge on any atom is -0.321 e. The van der Waals surface area contributed by atoms with E-state index in [0.717, 1.165) is 34.1 Å². The first-order valence-electron chi connectivity index (χ1n) is 9.98. The molecule has 4 rings (SSSR count). The first-order valence-corrected chi connectivity index (χ1v) is 10.8. The van der Waals surface area contributed by atoms with E-state index in [-0.39, 0.29) is 5.91 Å². The van der Waals surface area contributed by atoms with Gasteiger partial charge in [-0.1, -0.05) is 49.9 Å². The Kier molecular flexibility index (Phi) is 5.81. The van der Waals surface area contributed by atoms with Crippen molar-refractivity contribution in [1.29, 1.82) is 0 Å². The van der Waals surface area contributed by atoms with Gasteiger partial charge in [-0.2, -0.15) is 9.50 Å². The van der Waals surface area contributed by atoms with E-state index in [2.05, 4.69) is 34.2 Å². The second-order valence-corrected chi connectivity index (χ2v) is 7.98. The van der Waals surface area contributed by atoms with E-state index in [1.54, 1.807) is 4.52 Å². The highest BCUT2D eigenvalue weighted by atomic mass is 32.2. The third kappa shape index (κ3) is 4.21. The van der Waals surface area contributed by atoms with Gasteiger partial charge in [0.1, 0.15) is 10.9 Å². The number of nitrogens with zero attached hydrogens (tertiary/aromatic N) is 4. The Morgan fingerprint density at radius 3 is 2.53 bits per heavy atom. The van der Waals surface area contributed by atoms with Gasteiger partial charge in [-0.05, 0) is 55.7 Å². The van der Waals surface area contributed by atoms with Gasteiger partial charge in [0.25, 0.3) is 11.7 Å². The van der Waals surface area contributed by atoms with Gasteiger partial charge in [-0.3, -0.25) is 4.79 Å². The molecule has 0 aliphatic rings. The van der Waals surface area contributed by atoms with Gasteiger partial charge in [-0.15, -0.1) is 5.10 Å². The average molecular weight is 418 g/mol. The van der Waals surface area contributed by atoms with Crippen molar-refractivity contribution in [3.8, 4) is 0 Å². The monoisotopic (exact) mass is 417 g/mol. The highest BCUT2D eigenvalue weighted by Crippen LogP contribution is 2.34. The minimum atomic E-state index is -0.128. The Bertz CT molecular complexity index is 1200. The molecule has 0 aliphatic carbocycles. The molecule has 0 spiro atoms. The third-order valence-corrected chi connectivity index (χ3v) is 5.85. The normalized spacial score (nSPS) is 11.0. The Balaban J connectivity index is 1.64. The van der Waals surface area contributed by atoms with Crippen molar-refractivity contribution in [2.45, 2.75) is 43.5 Å². The molecule has 30 heavy (non-hydrogen) atoms. The maximum atomic E-state index is 12.8. The van der Waals surface area contributed by atoms with Crippen LogP contribution in [-0.4, -0.2) is 25.5 Å². The second kappa shape index (κ2) is 8.67. The minimum absolute atomic E-state index is 0.128. The van der Waals surface area contributed by atoms with Crippen LogP contribution >= 0.6 is 11.8 Å². The molecule has 7 heteroatoms. The molecule has 1 N–H and O–H groups in total. The summed E-state index contributed by atoms with van der Waals surface area (Å²) in [4.78, 5) is 22.7. The van der Waals surface area contributed by atoms with Crippen LogP contribution in [0.15, 0.2) is 64.5 Å². The number of rotatable bonds is 6. The number of hydrogen-bond donors (Lipinski definition) is 1. The summed E-state index contributed by atoms with van der Waals surface area (Å²) in [5.74, 6) is 1.14. The van der Waals surface area contributed by atoms with Crippen LogP contribution in [0, 0.1) is 6.92 Å². The molecule has 0 aliphatic heterocycles. The number of para-hydroxylation sites is 1. The molecule has 2 heterocycles. The van der Waals surface area contributed by atoms with Crippen LogP contribution in [0.3, 0.4) is 0 Å². The molecule has 0 fully saturated rings. The summed E-state index contributed by atoms with van der Waals surface area (Å²) < 4.78 is 1.75. The Morgan fingerprint density at radius 1 is 1.03 bits per heavy atom. The number of aryl methyl sites for hydroxylation is 3. The molecular formula is C23H23N5OS. The Labute approximate surface area is 179 Å². The largest absolute Gasteiger partial charge is 0.321 e. The van der Waals surface area contributed by atoms with E-state index < -0.39 is 0 Å². The Morgan fingerprint density at radius 2 is 1.80 bits per heavy atom. The highest BCUT2D eigenvalue weighted by molar-refractivity contribution is 7.99. The van der Waals surface area contributed by atoms with Crippen molar-refractivity contribution in [3.05, 3.63) is 77.2 Å². The number of fused-ring (bicyclic) bond motifs is 1. The second-order valence-electron chi connectivity index (χ2n) is 6.91. The van der Waals surface area contributed by atoms with Crippen molar-refractivity contribution >= 4 is 29.1 Å². The van der Waals surface area contributed by atoms with Gasteiger partial charge in [0, 0.05) is 16.2 Å². The predicted octanol–water partition coefficient (Wildman–Crippen LogP) is 4.96. The molecule has 0 saturated heterocycles. The van der Waals surface area contributed by atoms with Gasteiger partial charge in [0.15, 0.2) is 0 Å². The number of amides is 1. The number of carbonyl (C=O) groups is 1. The van der Waals surface area contributed by atoms with Crippen LogP contribution in [0.4, 0.5) is 5.69 Å². The fourth-order valence-corrected chi connectivity index (χ4v) is 4.11. The molecule has 0 bridgehead atoms. The van der Waals surface area contributed by atoms with E-state index >= 15 is 0 Å². The first kappa shape index (κ1) is 20.1. The molecule has 0 atom stereocenters. The maximum Gasteiger partial charge on any atom is 0.255 e. The fourth-order valence-electron chi connectivity index (χ4n) is 3.10. The number of hydrogen-bond acceptors (Lipinski definition) is 5. The van der Waals surface area contributed by atoms with Crippen LogP contribution < -0.4 is 5.32 Å². The smallest absolute Gasteiger partial charge is 0.255 e. The van der Waals surface area contributed by atoms with Gasteiger partial charge >= 0.3 is 0 Å². The van der Waals surface area contributed by atoms with Crippen molar-refractivity contribution in [2.24, 2.45) is 0 Å². The lowest BCUT2D eigenvalue weighted by atomic mass is 10.1. The van der Waals surface area contributed by atoms with Crippen molar-refractivity contribution in [1.82, 2.24) is 19.6 Å². The SMILES string of the molecule is CCc1ccc(C(=O)Nc2ccccc2Sc2cc(CC)nc3nc(C)nn23)cc1. The number of nitrogens with one attached hydrogen (secondary N) is 1. The standard InChI is InChI=1S/C23H23N5OS/c1-4-16-10-12-17(13-11-16)22(29)26-19-8-6-7-9-20(19)30-21-14-18(5-2)25-23-24-15(3)27-28(21)23/h6-14H,4-5H2,1-3H3,(H,26,29). The molecule has 4 aromatic rings. The first-order chi connectivity index (χ1) is 14.6. The number of carbonyl (C=O) groups excluding carboxylic acids is 1. The highest BCUT2D eigenvalue weighted by Gasteiger charge is 2.14. The molecule has 0 radical (unpaired) electrons. The zero-order chi connectivity index (χ0) is 21.1. The van der Waals surface area contributed by atoms with E-state index in [1.165, 1.54) is 17.3 Å².